The number of hydrogen-bond donors (Lipinski definition) is 1. The highest BCUT2D eigenvalue weighted by atomic mass is 32.1. The molecule has 0 unspecified atom stereocenters. The summed E-state index contributed by atoms with van der Waals surface area (Å²) in [7, 11) is 0. The van der Waals surface area contributed by atoms with Crippen molar-refractivity contribution in [1.29, 1.82) is 0 Å². The van der Waals surface area contributed by atoms with Crippen LogP contribution in [0, 0.1) is 13.8 Å². The maximum absolute atomic E-state index is 11.8. The van der Waals surface area contributed by atoms with Crippen LogP contribution in [-0.2, 0) is 9.53 Å². The first-order valence-corrected chi connectivity index (χ1v) is 8.11. The van der Waals surface area contributed by atoms with E-state index in [9.17, 15) is 9.59 Å². The number of carbonyl (C=O) groups is 2. The van der Waals surface area contributed by atoms with Crippen LogP contribution in [-0.4, -0.2) is 31.6 Å². The second kappa shape index (κ2) is 8.33. The molecular weight excluding hydrogens is 314 g/mol. The minimum absolute atomic E-state index is 0.291. The van der Waals surface area contributed by atoms with Crippen molar-refractivity contribution >= 4 is 23.2 Å². The first-order chi connectivity index (χ1) is 11.1. The first-order valence-electron chi connectivity index (χ1n) is 7.23. The van der Waals surface area contributed by atoms with E-state index in [-0.39, 0.29) is 12.5 Å². The average molecular weight is 333 g/mol. The largest absolute Gasteiger partial charge is 0.492 e. The van der Waals surface area contributed by atoms with Crippen LogP contribution in [0.15, 0.2) is 35.7 Å². The summed E-state index contributed by atoms with van der Waals surface area (Å²) in [5, 5.41) is 4.46. The van der Waals surface area contributed by atoms with Crippen LogP contribution in [0.25, 0.3) is 0 Å². The van der Waals surface area contributed by atoms with Gasteiger partial charge in [0.1, 0.15) is 17.2 Å². The summed E-state index contributed by atoms with van der Waals surface area (Å²) in [5.41, 5.74) is 1.97. The highest BCUT2D eigenvalue weighted by Gasteiger charge is 2.13. The van der Waals surface area contributed by atoms with Crippen molar-refractivity contribution in [3.63, 3.8) is 0 Å². The highest BCUT2D eigenvalue weighted by molar-refractivity contribution is 7.12. The van der Waals surface area contributed by atoms with Crippen LogP contribution >= 0.6 is 11.3 Å². The number of ether oxygens (including phenoxy) is 2. The molecule has 1 amide bonds. The minimum atomic E-state index is -0.469. The zero-order valence-corrected chi connectivity index (χ0v) is 13.9. The number of rotatable bonds is 7. The van der Waals surface area contributed by atoms with Gasteiger partial charge in [-0.25, -0.2) is 4.79 Å². The first kappa shape index (κ1) is 17.0. The van der Waals surface area contributed by atoms with Crippen LogP contribution in [0.5, 0.6) is 5.75 Å². The molecule has 0 bridgehead atoms. The molecule has 1 aromatic heterocycles. The number of carbonyl (C=O) groups excluding carboxylic acids is 2. The maximum atomic E-state index is 11.8. The Bertz CT molecular complexity index is 681. The fraction of sp³-hybridized carbons (Fsp3) is 0.294. The predicted octanol–water partition coefficient (Wildman–Crippen LogP) is 2.72. The Balaban J connectivity index is 1.64. The molecule has 0 aliphatic heterocycles. The lowest BCUT2D eigenvalue weighted by molar-refractivity contribution is -0.124. The van der Waals surface area contributed by atoms with Crippen LogP contribution in [0.2, 0.25) is 0 Å². The van der Waals surface area contributed by atoms with Crippen molar-refractivity contribution in [3.05, 3.63) is 51.7 Å². The van der Waals surface area contributed by atoms with Gasteiger partial charge in [-0.15, -0.1) is 11.3 Å². The molecule has 0 aliphatic rings. The summed E-state index contributed by atoms with van der Waals surface area (Å²) in [6, 6.07) is 9.52. The van der Waals surface area contributed by atoms with Gasteiger partial charge in [-0.1, -0.05) is 12.1 Å². The van der Waals surface area contributed by atoms with Crippen molar-refractivity contribution in [1.82, 2.24) is 5.32 Å². The zero-order valence-electron chi connectivity index (χ0n) is 13.1. The molecule has 0 saturated heterocycles. The van der Waals surface area contributed by atoms with Gasteiger partial charge in [0.2, 0.25) is 0 Å². The molecule has 2 aromatic rings. The van der Waals surface area contributed by atoms with E-state index in [0.29, 0.717) is 18.0 Å². The third-order valence-electron chi connectivity index (χ3n) is 3.06. The van der Waals surface area contributed by atoms with E-state index in [2.05, 4.69) is 5.32 Å². The monoisotopic (exact) mass is 333 g/mol. The molecule has 5 nitrogen and oxygen atoms in total. The van der Waals surface area contributed by atoms with Crippen LogP contribution < -0.4 is 10.1 Å². The summed E-state index contributed by atoms with van der Waals surface area (Å²) in [6.45, 7) is 4.23. The van der Waals surface area contributed by atoms with E-state index in [4.69, 9.17) is 9.47 Å². The Kier molecular flexibility index (Phi) is 6.17. The molecule has 0 aliphatic carbocycles. The van der Waals surface area contributed by atoms with E-state index in [1.165, 1.54) is 11.3 Å². The van der Waals surface area contributed by atoms with Gasteiger partial charge in [0.05, 0.1) is 6.54 Å². The molecule has 0 radical (unpaired) electrons. The molecule has 6 heteroatoms. The predicted molar refractivity (Wildman–Crippen MR) is 89.0 cm³/mol. The summed E-state index contributed by atoms with van der Waals surface area (Å²) in [4.78, 5) is 23.9. The molecule has 0 fully saturated rings. The van der Waals surface area contributed by atoms with E-state index in [0.717, 1.165) is 16.9 Å². The zero-order chi connectivity index (χ0) is 16.7. The fourth-order valence-corrected chi connectivity index (χ4v) is 2.71. The second-order valence-corrected chi connectivity index (χ2v) is 5.94. The van der Waals surface area contributed by atoms with E-state index in [1.54, 1.807) is 0 Å². The molecular formula is C17H19NO4S. The summed E-state index contributed by atoms with van der Waals surface area (Å²) in [5.74, 6) is -0.0529. The number of nitrogens with one attached hydrogen (secondary N) is 1. The van der Waals surface area contributed by atoms with Crippen LogP contribution in [0.4, 0.5) is 0 Å². The number of hydrogen-bond acceptors (Lipinski definition) is 5. The molecule has 1 aromatic carbocycles. The van der Waals surface area contributed by atoms with Gasteiger partial charge in [0.25, 0.3) is 5.91 Å². The number of benzene rings is 1. The lowest BCUT2D eigenvalue weighted by Crippen LogP contribution is -2.32. The molecule has 0 atom stereocenters. The van der Waals surface area contributed by atoms with Crippen molar-refractivity contribution in [3.8, 4) is 5.75 Å². The van der Waals surface area contributed by atoms with Crippen molar-refractivity contribution in [2.24, 2.45) is 0 Å². The Morgan fingerprint density at radius 3 is 2.74 bits per heavy atom. The van der Waals surface area contributed by atoms with Gasteiger partial charge in [0, 0.05) is 0 Å². The quantitative estimate of drug-likeness (QED) is 0.625. The average Bonchev–Trinajstić information content (AvgIpc) is 2.95. The Labute approximate surface area is 139 Å². The number of thiophene rings is 1. The minimum Gasteiger partial charge on any atom is -0.492 e. The fourth-order valence-electron chi connectivity index (χ4n) is 1.89. The molecule has 1 N–H and O–H groups in total. The smallest absolute Gasteiger partial charge is 0.349 e. The van der Waals surface area contributed by atoms with Crippen molar-refractivity contribution in [2.75, 3.05) is 19.8 Å². The van der Waals surface area contributed by atoms with Gasteiger partial charge in [-0.2, -0.15) is 0 Å². The normalized spacial score (nSPS) is 10.2. The topological polar surface area (TPSA) is 64.6 Å². The second-order valence-electron chi connectivity index (χ2n) is 5.02. The van der Waals surface area contributed by atoms with Crippen LogP contribution in [0.3, 0.4) is 0 Å². The standard InChI is InChI=1S/C17H19NO4S/c1-12-4-3-5-14(10-12)21-8-7-18-15(19)11-22-17(20)16-13(2)6-9-23-16/h3-6,9-10H,7-8,11H2,1-2H3,(H,18,19). The van der Waals surface area contributed by atoms with E-state index in [1.807, 2.05) is 49.6 Å². The Morgan fingerprint density at radius 1 is 1.22 bits per heavy atom. The highest BCUT2D eigenvalue weighted by Crippen LogP contribution is 2.16. The van der Waals surface area contributed by atoms with Gasteiger partial charge in [0.15, 0.2) is 6.61 Å². The molecule has 0 spiro atoms. The van der Waals surface area contributed by atoms with Crippen molar-refractivity contribution < 1.29 is 19.1 Å². The van der Waals surface area contributed by atoms with Crippen LogP contribution in [0.1, 0.15) is 20.8 Å². The molecule has 23 heavy (non-hydrogen) atoms. The third-order valence-corrected chi connectivity index (χ3v) is 4.06. The molecule has 0 saturated carbocycles. The SMILES string of the molecule is Cc1cccc(OCCNC(=O)COC(=O)c2sccc2C)c1. The third kappa shape index (κ3) is 5.41. The number of amides is 1. The molecule has 1 heterocycles. The lowest BCUT2D eigenvalue weighted by Gasteiger charge is -2.08. The molecule has 122 valence electrons. The number of aryl methyl sites for hydroxylation is 2. The van der Waals surface area contributed by atoms with Gasteiger partial charge >= 0.3 is 5.97 Å². The van der Waals surface area contributed by atoms with Crippen molar-refractivity contribution in [2.45, 2.75) is 13.8 Å². The van der Waals surface area contributed by atoms with Gasteiger partial charge < -0.3 is 14.8 Å². The summed E-state index contributed by atoms with van der Waals surface area (Å²) >= 11 is 1.30. The summed E-state index contributed by atoms with van der Waals surface area (Å²) < 4.78 is 10.5. The van der Waals surface area contributed by atoms with E-state index < -0.39 is 5.97 Å². The maximum Gasteiger partial charge on any atom is 0.349 e. The number of esters is 1. The van der Waals surface area contributed by atoms with Gasteiger partial charge in [-0.05, 0) is 48.6 Å². The Hall–Kier alpha value is -2.34. The lowest BCUT2D eigenvalue weighted by atomic mass is 10.2. The summed E-state index contributed by atoms with van der Waals surface area (Å²) in [6.07, 6.45) is 0. The molecule has 2 rings (SSSR count). The van der Waals surface area contributed by atoms with Gasteiger partial charge in [-0.3, -0.25) is 4.79 Å². The Morgan fingerprint density at radius 2 is 2.04 bits per heavy atom. The van der Waals surface area contributed by atoms with E-state index >= 15 is 0 Å².